The van der Waals surface area contributed by atoms with E-state index in [0.717, 1.165) is 38.7 Å². The molecule has 1 fully saturated rings. The lowest BCUT2D eigenvalue weighted by atomic mass is 9.86. The minimum absolute atomic E-state index is 0.0401. The van der Waals surface area contributed by atoms with E-state index in [1.54, 1.807) is 0 Å². The van der Waals surface area contributed by atoms with Crippen LogP contribution in [0.5, 0.6) is 0 Å². The van der Waals surface area contributed by atoms with E-state index in [1.807, 2.05) is 0 Å². The fourth-order valence-electron chi connectivity index (χ4n) is 4.57. The van der Waals surface area contributed by atoms with E-state index in [2.05, 4.69) is 81.4 Å². The summed E-state index contributed by atoms with van der Waals surface area (Å²) in [7, 11) is -2.40. The zero-order chi connectivity index (χ0) is 19.3. The molecule has 3 rings (SSSR count). The molecule has 0 spiro atoms. The first-order valence-electron chi connectivity index (χ1n) is 10.4. The quantitative estimate of drug-likeness (QED) is 0.745. The molecule has 146 valence electrons. The Morgan fingerprint density at radius 1 is 0.852 bits per heavy atom. The zero-order valence-electron chi connectivity index (χ0n) is 17.0. The topological polar surface area (TPSA) is 29.5 Å². The second-order valence-electron chi connectivity index (χ2n) is 8.97. The van der Waals surface area contributed by atoms with Crippen LogP contribution in [0.15, 0.2) is 60.7 Å². The van der Waals surface area contributed by atoms with Crippen LogP contribution in [0.4, 0.5) is 0 Å². The van der Waals surface area contributed by atoms with E-state index >= 15 is 0 Å². The Balaban J connectivity index is 1.87. The summed E-state index contributed by atoms with van der Waals surface area (Å²) >= 11 is 0. The highest BCUT2D eigenvalue weighted by Crippen LogP contribution is 2.37. The van der Waals surface area contributed by atoms with Crippen LogP contribution in [0.2, 0.25) is 5.04 Å². The fraction of sp³-hybridized carbons (Fsp3) is 0.500. The van der Waals surface area contributed by atoms with E-state index in [1.165, 1.54) is 10.4 Å². The Labute approximate surface area is 165 Å². The van der Waals surface area contributed by atoms with Gasteiger partial charge in [-0.1, -0.05) is 81.4 Å². The molecule has 0 atom stereocenters. The summed E-state index contributed by atoms with van der Waals surface area (Å²) < 4.78 is 6.97. The summed E-state index contributed by atoms with van der Waals surface area (Å²) in [6.07, 6.45) is 5.17. The van der Waals surface area contributed by atoms with Crippen LogP contribution in [-0.2, 0) is 4.43 Å². The van der Waals surface area contributed by atoms with Gasteiger partial charge in [-0.25, -0.2) is 0 Å². The van der Waals surface area contributed by atoms with Crippen LogP contribution in [0, 0.1) is 5.92 Å². The van der Waals surface area contributed by atoms with Gasteiger partial charge in [-0.2, -0.15) is 0 Å². The number of hydrogen-bond donors (Lipinski definition) is 1. The van der Waals surface area contributed by atoms with Gasteiger partial charge in [-0.15, -0.1) is 0 Å². The summed E-state index contributed by atoms with van der Waals surface area (Å²) in [6, 6.07) is 21.7. The molecule has 0 aromatic heterocycles. The highest BCUT2D eigenvalue weighted by Gasteiger charge is 2.50. The summed E-state index contributed by atoms with van der Waals surface area (Å²) in [5, 5.41) is 12.5. The van der Waals surface area contributed by atoms with Crippen LogP contribution in [-0.4, -0.2) is 26.1 Å². The van der Waals surface area contributed by atoms with Gasteiger partial charge in [-0.3, -0.25) is 0 Å². The molecule has 0 aliphatic heterocycles. The molecule has 1 aliphatic rings. The Bertz CT molecular complexity index is 646. The molecule has 27 heavy (non-hydrogen) atoms. The maximum Gasteiger partial charge on any atom is 0.261 e. The zero-order valence-corrected chi connectivity index (χ0v) is 18.0. The Kier molecular flexibility index (Phi) is 6.56. The van der Waals surface area contributed by atoms with Crippen molar-refractivity contribution < 1.29 is 9.53 Å². The average molecular weight is 383 g/mol. The number of rotatable bonds is 6. The maximum atomic E-state index is 9.76. The van der Waals surface area contributed by atoms with Gasteiger partial charge in [0.1, 0.15) is 0 Å². The lowest BCUT2D eigenvalue weighted by molar-refractivity contribution is 0.101. The predicted octanol–water partition coefficient (Wildman–Crippen LogP) is 4.50. The molecule has 0 amide bonds. The van der Waals surface area contributed by atoms with Crippen LogP contribution < -0.4 is 10.4 Å². The smallest absolute Gasteiger partial charge is 0.261 e. The molecule has 1 saturated carbocycles. The summed E-state index contributed by atoms with van der Waals surface area (Å²) in [5.41, 5.74) is 0. The van der Waals surface area contributed by atoms with Crippen LogP contribution in [0.1, 0.15) is 52.9 Å². The predicted molar refractivity (Wildman–Crippen MR) is 116 cm³/mol. The molecule has 0 saturated heterocycles. The van der Waals surface area contributed by atoms with E-state index in [9.17, 15) is 5.11 Å². The lowest BCUT2D eigenvalue weighted by Gasteiger charge is -2.43. The van der Waals surface area contributed by atoms with Gasteiger partial charge in [0.25, 0.3) is 8.32 Å². The fourth-order valence-corrected chi connectivity index (χ4v) is 9.15. The number of hydrogen-bond acceptors (Lipinski definition) is 2. The summed E-state index contributed by atoms with van der Waals surface area (Å²) in [6.45, 7) is 7.79. The van der Waals surface area contributed by atoms with Crippen molar-refractivity contribution in [2.75, 3.05) is 6.61 Å². The van der Waals surface area contributed by atoms with Gasteiger partial charge in [0.2, 0.25) is 0 Å². The van der Waals surface area contributed by atoms with Crippen molar-refractivity contribution in [3.8, 4) is 0 Å². The van der Waals surface area contributed by atoms with Crippen LogP contribution in [0.3, 0.4) is 0 Å². The SMILES string of the molecule is CC(C)(C)[Si](OCC[C@H]1CC[C@@H](O)CC1)(c1ccccc1)c1ccccc1. The standard InChI is InChI=1S/C24H34O2Si/c1-24(2,3)27(22-10-6-4-7-11-22,23-12-8-5-9-13-23)26-19-18-20-14-16-21(25)17-15-20/h4-13,20-21,25H,14-19H2,1-3H3/t20-,21+. The van der Waals surface area contributed by atoms with Crippen LogP contribution >= 0.6 is 0 Å². The van der Waals surface area contributed by atoms with Crippen molar-refractivity contribution in [2.24, 2.45) is 5.92 Å². The van der Waals surface area contributed by atoms with E-state index in [0.29, 0.717) is 5.92 Å². The minimum Gasteiger partial charge on any atom is -0.407 e. The minimum atomic E-state index is -2.40. The number of benzene rings is 2. The van der Waals surface area contributed by atoms with Crippen LogP contribution in [0.25, 0.3) is 0 Å². The van der Waals surface area contributed by atoms with Crippen molar-refractivity contribution in [1.29, 1.82) is 0 Å². The molecule has 2 aromatic carbocycles. The average Bonchev–Trinajstić information content (AvgIpc) is 2.67. The first-order chi connectivity index (χ1) is 12.9. The lowest BCUT2D eigenvalue weighted by Crippen LogP contribution is -2.66. The van der Waals surface area contributed by atoms with Crippen molar-refractivity contribution in [3.05, 3.63) is 60.7 Å². The molecule has 3 heteroatoms. The third-order valence-electron chi connectivity index (χ3n) is 6.08. The summed E-state index contributed by atoms with van der Waals surface area (Å²) in [4.78, 5) is 0. The van der Waals surface area contributed by atoms with Gasteiger partial charge in [0.15, 0.2) is 0 Å². The maximum absolute atomic E-state index is 9.76. The van der Waals surface area contributed by atoms with Gasteiger partial charge in [0, 0.05) is 6.61 Å². The second kappa shape index (κ2) is 8.72. The first-order valence-corrected chi connectivity index (χ1v) is 12.3. The molecule has 2 nitrogen and oxygen atoms in total. The normalized spacial score (nSPS) is 21.2. The molecule has 1 N–H and O–H groups in total. The van der Waals surface area contributed by atoms with Crippen molar-refractivity contribution in [1.82, 2.24) is 0 Å². The molecule has 0 radical (unpaired) electrons. The third kappa shape index (κ3) is 4.53. The summed E-state index contributed by atoms with van der Waals surface area (Å²) in [5.74, 6) is 0.687. The van der Waals surface area contributed by atoms with Gasteiger partial charge < -0.3 is 9.53 Å². The largest absolute Gasteiger partial charge is 0.407 e. The molecule has 0 unspecified atom stereocenters. The Morgan fingerprint density at radius 3 is 1.78 bits per heavy atom. The molecule has 2 aromatic rings. The molecule has 0 heterocycles. The van der Waals surface area contributed by atoms with E-state index in [4.69, 9.17) is 4.43 Å². The monoisotopic (exact) mass is 382 g/mol. The van der Waals surface area contributed by atoms with Crippen molar-refractivity contribution >= 4 is 18.7 Å². The van der Waals surface area contributed by atoms with Gasteiger partial charge in [0.05, 0.1) is 6.10 Å². The molecule has 0 bridgehead atoms. The first kappa shape index (κ1) is 20.3. The van der Waals surface area contributed by atoms with Gasteiger partial charge in [-0.05, 0) is 53.4 Å². The molecule has 1 aliphatic carbocycles. The van der Waals surface area contributed by atoms with E-state index in [-0.39, 0.29) is 11.1 Å². The third-order valence-corrected chi connectivity index (χ3v) is 11.1. The number of aliphatic hydroxyl groups excluding tert-OH is 1. The highest BCUT2D eigenvalue weighted by molar-refractivity contribution is 6.99. The second-order valence-corrected chi connectivity index (χ2v) is 13.3. The highest BCUT2D eigenvalue weighted by atomic mass is 28.4. The molecular weight excluding hydrogens is 348 g/mol. The Hall–Kier alpha value is -1.42. The Morgan fingerprint density at radius 2 is 1.33 bits per heavy atom. The van der Waals surface area contributed by atoms with E-state index < -0.39 is 8.32 Å². The molecular formula is C24H34O2Si. The van der Waals surface area contributed by atoms with Crippen molar-refractivity contribution in [3.63, 3.8) is 0 Å². The van der Waals surface area contributed by atoms with Gasteiger partial charge >= 0.3 is 0 Å². The van der Waals surface area contributed by atoms with Crippen molar-refractivity contribution in [2.45, 2.75) is 64.0 Å². The number of aliphatic hydroxyl groups is 1.